The molecular weight excluding hydrogens is 340 g/mol. The van der Waals surface area contributed by atoms with Crippen LogP contribution in [0.4, 0.5) is 5.69 Å². The number of anilines is 1. The van der Waals surface area contributed by atoms with Crippen molar-refractivity contribution in [3.8, 4) is 11.4 Å². The summed E-state index contributed by atoms with van der Waals surface area (Å²) in [5.74, 6) is 0.404. The van der Waals surface area contributed by atoms with Gasteiger partial charge in [0.1, 0.15) is 18.4 Å². The minimum atomic E-state index is -0.641. The highest BCUT2D eigenvalue weighted by Crippen LogP contribution is 2.23. The third-order valence-corrected chi connectivity index (χ3v) is 3.90. The number of carbonyl (C=O) groups excluding carboxylic acids is 1. The average Bonchev–Trinajstić information content (AvgIpc) is 3.12. The fourth-order valence-corrected chi connectivity index (χ4v) is 2.51. The van der Waals surface area contributed by atoms with Crippen LogP contribution in [0.3, 0.4) is 0 Å². The summed E-state index contributed by atoms with van der Waals surface area (Å²) < 4.78 is 7.50. The van der Waals surface area contributed by atoms with Gasteiger partial charge in [0.05, 0.1) is 0 Å². The molecule has 1 atom stereocenters. The lowest BCUT2D eigenvalue weighted by Crippen LogP contribution is -2.30. The zero-order valence-corrected chi connectivity index (χ0v) is 14.6. The first kappa shape index (κ1) is 17.0. The highest BCUT2D eigenvalue weighted by molar-refractivity contribution is 6.30. The second-order valence-electron chi connectivity index (χ2n) is 5.58. The Morgan fingerprint density at radius 3 is 2.48 bits per heavy atom. The maximum absolute atomic E-state index is 12.3. The van der Waals surface area contributed by atoms with Gasteiger partial charge in [-0.25, -0.2) is 0 Å². The number of hydrogen-bond donors (Lipinski definition) is 1. The van der Waals surface area contributed by atoms with Gasteiger partial charge in [-0.15, -0.1) is 10.2 Å². The Balaban J connectivity index is 1.63. The number of amides is 1. The van der Waals surface area contributed by atoms with E-state index in [4.69, 9.17) is 16.3 Å². The molecular formula is C18H17ClN4O2. The molecule has 1 aromatic heterocycles. The van der Waals surface area contributed by atoms with E-state index in [-0.39, 0.29) is 5.91 Å². The number of rotatable bonds is 5. The van der Waals surface area contributed by atoms with E-state index in [2.05, 4.69) is 15.5 Å². The van der Waals surface area contributed by atoms with Gasteiger partial charge in [-0.2, -0.15) is 0 Å². The van der Waals surface area contributed by atoms with Crippen LogP contribution in [0, 0.1) is 6.92 Å². The van der Waals surface area contributed by atoms with E-state index >= 15 is 0 Å². The van der Waals surface area contributed by atoms with E-state index in [1.165, 1.54) is 0 Å². The number of hydrogen-bond acceptors (Lipinski definition) is 4. The Morgan fingerprint density at radius 1 is 1.16 bits per heavy atom. The second-order valence-corrected chi connectivity index (χ2v) is 6.01. The Morgan fingerprint density at radius 2 is 1.84 bits per heavy atom. The average molecular weight is 357 g/mol. The Hall–Kier alpha value is -2.86. The maximum atomic E-state index is 12.3. The summed E-state index contributed by atoms with van der Waals surface area (Å²) in [6, 6.07) is 12.7. The maximum Gasteiger partial charge on any atom is 0.265 e. The smallest absolute Gasteiger partial charge is 0.265 e. The van der Waals surface area contributed by atoms with E-state index in [1.54, 1.807) is 42.3 Å². The van der Waals surface area contributed by atoms with Crippen LogP contribution in [0.1, 0.15) is 12.5 Å². The van der Waals surface area contributed by atoms with Crippen LogP contribution in [0.2, 0.25) is 5.02 Å². The van der Waals surface area contributed by atoms with E-state index < -0.39 is 6.10 Å². The highest BCUT2D eigenvalue weighted by Gasteiger charge is 2.16. The molecule has 1 N–H and O–H groups in total. The largest absolute Gasteiger partial charge is 0.481 e. The van der Waals surface area contributed by atoms with Crippen molar-refractivity contribution in [2.75, 3.05) is 5.32 Å². The molecule has 0 radical (unpaired) electrons. The number of nitrogens with one attached hydrogen (secondary N) is 1. The molecule has 0 bridgehead atoms. The number of halogens is 1. The highest BCUT2D eigenvalue weighted by atomic mass is 35.5. The second kappa shape index (κ2) is 7.36. The number of aromatic nitrogens is 3. The topological polar surface area (TPSA) is 69.0 Å². The van der Waals surface area contributed by atoms with Crippen molar-refractivity contribution in [1.29, 1.82) is 0 Å². The molecule has 3 aromatic rings. The number of benzene rings is 2. The Labute approximate surface area is 150 Å². The summed E-state index contributed by atoms with van der Waals surface area (Å²) in [5.41, 5.74) is 2.47. The minimum Gasteiger partial charge on any atom is -0.481 e. The van der Waals surface area contributed by atoms with Crippen LogP contribution in [-0.4, -0.2) is 26.8 Å². The molecule has 3 rings (SSSR count). The van der Waals surface area contributed by atoms with E-state index in [0.717, 1.165) is 11.3 Å². The zero-order valence-electron chi connectivity index (χ0n) is 13.8. The molecule has 1 heterocycles. The van der Waals surface area contributed by atoms with Crippen LogP contribution in [0.5, 0.6) is 5.75 Å². The molecule has 0 fully saturated rings. The van der Waals surface area contributed by atoms with Crippen LogP contribution in [0.15, 0.2) is 55.1 Å². The molecule has 0 aliphatic carbocycles. The predicted molar refractivity (Wildman–Crippen MR) is 96.3 cm³/mol. The standard InChI is InChI=1S/C18H17ClN4O2/c1-12-9-14(19)3-8-17(12)25-13(2)18(24)22-15-4-6-16(7-5-15)23-10-20-21-11-23/h3-11,13H,1-2H3,(H,22,24)/t13-/m0/s1. The fraction of sp³-hybridized carbons (Fsp3) is 0.167. The van der Waals surface area contributed by atoms with Crippen molar-refractivity contribution in [2.45, 2.75) is 20.0 Å². The van der Waals surface area contributed by atoms with Gasteiger partial charge in [-0.1, -0.05) is 11.6 Å². The summed E-state index contributed by atoms with van der Waals surface area (Å²) in [5, 5.41) is 11.0. The molecule has 128 valence electrons. The molecule has 0 aliphatic heterocycles. The van der Waals surface area contributed by atoms with Crippen LogP contribution in [-0.2, 0) is 4.79 Å². The van der Waals surface area contributed by atoms with Crippen molar-refractivity contribution in [1.82, 2.24) is 14.8 Å². The monoisotopic (exact) mass is 356 g/mol. The number of nitrogens with zero attached hydrogens (tertiary/aromatic N) is 3. The quantitative estimate of drug-likeness (QED) is 0.757. The van der Waals surface area contributed by atoms with E-state index in [9.17, 15) is 4.79 Å². The van der Waals surface area contributed by atoms with Crippen LogP contribution in [0.25, 0.3) is 5.69 Å². The summed E-state index contributed by atoms with van der Waals surface area (Å²) in [6.07, 6.45) is 2.58. The number of carbonyl (C=O) groups is 1. The van der Waals surface area contributed by atoms with Gasteiger partial charge < -0.3 is 10.1 Å². The summed E-state index contributed by atoms with van der Waals surface area (Å²) >= 11 is 5.93. The lowest BCUT2D eigenvalue weighted by Gasteiger charge is -2.16. The molecule has 7 heteroatoms. The molecule has 0 saturated carbocycles. The summed E-state index contributed by atoms with van der Waals surface area (Å²) in [7, 11) is 0. The molecule has 0 unspecified atom stereocenters. The third-order valence-electron chi connectivity index (χ3n) is 3.66. The lowest BCUT2D eigenvalue weighted by atomic mass is 10.2. The first-order valence-electron chi connectivity index (χ1n) is 7.71. The summed E-state index contributed by atoms with van der Waals surface area (Å²) in [4.78, 5) is 12.3. The molecule has 2 aromatic carbocycles. The first-order valence-corrected chi connectivity index (χ1v) is 8.09. The number of aryl methyl sites for hydroxylation is 1. The van der Waals surface area contributed by atoms with Crippen molar-refractivity contribution in [2.24, 2.45) is 0 Å². The van der Waals surface area contributed by atoms with Crippen molar-refractivity contribution in [3.63, 3.8) is 0 Å². The Kier molecular flexibility index (Phi) is 5.00. The van der Waals surface area contributed by atoms with Crippen LogP contribution >= 0.6 is 11.6 Å². The zero-order chi connectivity index (χ0) is 17.8. The number of ether oxygens (including phenoxy) is 1. The van der Waals surface area contributed by atoms with Gasteiger partial charge in [0.15, 0.2) is 6.10 Å². The van der Waals surface area contributed by atoms with Gasteiger partial charge in [0.2, 0.25) is 0 Å². The predicted octanol–water partition coefficient (Wildman–Crippen LogP) is 3.64. The third kappa shape index (κ3) is 4.16. The van der Waals surface area contributed by atoms with E-state index in [0.29, 0.717) is 16.5 Å². The van der Waals surface area contributed by atoms with Crippen LogP contribution < -0.4 is 10.1 Å². The molecule has 0 spiro atoms. The van der Waals surface area contributed by atoms with Crippen molar-refractivity contribution in [3.05, 3.63) is 65.7 Å². The molecule has 0 saturated heterocycles. The minimum absolute atomic E-state index is 0.230. The van der Waals surface area contributed by atoms with Gasteiger partial charge in [0.25, 0.3) is 5.91 Å². The van der Waals surface area contributed by atoms with Gasteiger partial charge in [0, 0.05) is 16.4 Å². The normalized spacial score (nSPS) is 11.8. The van der Waals surface area contributed by atoms with Gasteiger partial charge >= 0.3 is 0 Å². The van der Waals surface area contributed by atoms with Crippen molar-refractivity contribution < 1.29 is 9.53 Å². The van der Waals surface area contributed by atoms with E-state index in [1.807, 2.05) is 31.2 Å². The van der Waals surface area contributed by atoms with Gasteiger partial charge in [-0.05, 0) is 61.9 Å². The molecule has 0 aliphatic rings. The fourth-order valence-electron chi connectivity index (χ4n) is 2.28. The first-order chi connectivity index (χ1) is 12.0. The molecule has 25 heavy (non-hydrogen) atoms. The molecule has 6 nitrogen and oxygen atoms in total. The Bertz CT molecular complexity index is 863. The van der Waals surface area contributed by atoms with Crippen molar-refractivity contribution >= 4 is 23.2 Å². The molecule has 1 amide bonds. The SMILES string of the molecule is Cc1cc(Cl)ccc1O[C@@H](C)C(=O)Nc1ccc(-n2cnnc2)cc1. The lowest BCUT2D eigenvalue weighted by molar-refractivity contribution is -0.122. The van der Waals surface area contributed by atoms with Gasteiger partial charge in [-0.3, -0.25) is 9.36 Å². The summed E-state index contributed by atoms with van der Waals surface area (Å²) in [6.45, 7) is 3.59.